The molecule has 3 nitrogen and oxygen atoms in total. The molecule has 1 aliphatic rings. The summed E-state index contributed by atoms with van der Waals surface area (Å²) in [5.41, 5.74) is 3.11. The lowest BCUT2D eigenvalue weighted by Crippen LogP contribution is -2.55. The maximum Gasteiger partial charge on any atom is 0.251 e. The molecule has 0 radical (unpaired) electrons. The molecule has 0 aliphatic carbocycles. The molecular weight excluding hydrogens is 272 g/mol. The van der Waals surface area contributed by atoms with E-state index in [2.05, 4.69) is 48.7 Å². The molecule has 0 saturated carbocycles. The van der Waals surface area contributed by atoms with Gasteiger partial charge in [0.15, 0.2) is 0 Å². The van der Waals surface area contributed by atoms with Crippen molar-refractivity contribution in [3.8, 4) is 0 Å². The van der Waals surface area contributed by atoms with Crippen molar-refractivity contribution < 1.29 is 4.79 Å². The Morgan fingerprint density at radius 2 is 1.86 bits per heavy atom. The summed E-state index contributed by atoms with van der Waals surface area (Å²) in [7, 11) is 0. The molecule has 1 heterocycles. The zero-order valence-corrected chi connectivity index (χ0v) is 13.1. The molecule has 3 heteroatoms. The number of hydrogen-bond acceptors (Lipinski definition) is 2. The minimum atomic E-state index is -0.237. The second kappa shape index (κ2) is 5.93. The molecule has 2 aromatic rings. The second-order valence-corrected chi connectivity index (χ2v) is 6.29. The van der Waals surface area contributed by atoms with Gasteiger partial charge in [0.25, 0.3) is 5.91 Å². The van der Waals surface area contributed by atoms with E-state index < -0.39 is 0 Å². The largest absolute Gasteiger partial charge is 0.350 e. The molecule has 2 N–H and O–H groups in total. The molecule has 2 unspecified atom stereocenters. The summed E-state index contributed by atoms with van der Waals surface area (Å²) in [4.78, 5) is 12.3. The molecule has 0 fully saturated rings. The summed E-state index contributed by atoms with van der Waals surface area (Å²) in [6.07, 6.45) is 1.03. The van der Waals surface area contributed by atoms with E-state index in [0.717, 1.165) is 6.42 Å². The molecule has 1 amide bonds. The van der Waals surface area contributed by atoms with Crippen molar-refractivity contribution in [3.63, 3.8) is 0 Å². The Labute approximate surface area is 131 Å². The second-order valence-electron chi connectivity index (χ2n) is 6.29. The Hall–Kier alpha value is -2.13. The number of rotatable bonds is 3. The highest BCUT2D eigenvalue weighted by molar-refractivity contribution is 5.94. The number of carbonyl (C=O) groups is 1. The van der Waals surface area contributed by atoms with Gasteiger partial charge in [-0.3, -0.25) is 4.79 Å². The molecule has 0 spiro atoms. The Morgan fingerprint density at radius 3 is 2.64 bits per heavy atom. The van der Waals surface area contributed by atoms with Gasteiger partial charge < -0.3 is 10.6 Å². The van der Waals surface area contributed by atoms with Crippen molar-refractivity contribution >= 4 is 5.91 Å². The van der Waals surface area contributed by atoms with Crippen LogP contribution in [0.4, 0.5) is 0 Å². The first-order chi connectivity index (χ1) is 10.6. The third-order valence-corrected chi connectivity index (χ3v) is 4.34. The predicted octanol–water partition coefficient (Wildman–Crippen LogP) is 2.87. The molecule has 0 aromatic heterocycles. The maximum absolute atomic E-state index is 12.3. The summed E-state index contributed by atoms with van der Waals surface area (Å²) < 4.78 is 0. The molecule has 2 aromatic carbocycles. The van der Waals surface area contributed by atoms with Gasteiger partial charge in [-0.15, -0.1) is 0 Å². The zero-order chi connectivity index (χ0) is 15.6. The van der Waals surface area contributed by atoms with E-state index in [4.69, 9.17) is 0 Å². The molecule has 0 saturated heterocycles. The molecule has 0 bridgehead atoms. The normalized spacial score (nSPS) is 23.6. The van der Waals surface area contributed by atoms with Crippen LogP contribution < -0.4 is 10.6 Å². The van der Waals surface area contributed by atoms with Crippen LogP contribution in [0.5, 0.6) is 0 Å². The van der Waals surface area contributed by atoms with Gasteiger partial charge in [0.1, 0.15) is 0 Å². The molecule has 3 rings (SSSR count). The third kappa shape index (κ3) is 2.90. The van der Waals surface area contributed by atoms with Crippen LogP contribution >= 0.6 is 0 Å². The Kier molecular flexibility index (Phi) is 3.99. The lowest BCUT2D eigenvalue weighted by molar-refractivity contribution is 0.0936. The van der Waals surface area contributed by atoms with Gasteiger partial charge >= 0.3 is 0 Å². The lowest BCUT2D eigenvalue weighted by atomic mass is 9.81. The van der Waals surface area contributed by atoms with E-state index in [0.29, 0.717) is 18.2 Å². The van der Waals surface area contributed by atoms with Crippen molar-refractivity contribution in [2.24, 2.45) is 0 Å². The van der Waals surface area contributed by atoms with E-state index in [9.17, 15) is 4.79 Å². The number of benzene rings is 2. The minimum absolute atomic E-state index is 0.0284. The van der Waals surface area contributed by atoms with Gasteiger partial charge in [-0.2, -0.15) is 0 Å². The van der Waals surface area contributed by atoms with E-state index in [1.807, 2.05) is 30.3 Å². The van der Waals surface area contributed by atoms with Crippen molar-refractivity contribution in [1.29, 1.82) is 0 Å². The van der Waals surface area contributed by atoms with E-state index >= 15 is 0 Å². The van der Waals surface area contributed by atoms with Crippen molar-refractivity contribution in [3.05, 3.63) is 71.3 Å². The average Bonchev–Trinajstić information content (AvgIpc) is 2.53. The summed E-state index contributed by atoms with van der Waals surface area (Å²) >= 11 is 0. The highest BCUT2D eigenvalue weighted by Crippen LogP contribution is 2.30. The Morgan fingerprint density at radius 1 is 1.18 bits per heavy atom. The minimum Gasteiger partial charge on any atom is -0.350 e. The summed E-state index contributed by atoms with van der Waals surface area (Å²) in [6, 6.07) is 18.2. The number of fused-ring (bicyclic) bond motifs is 1. The van der Waals surface area contributed by atoms with Crippen LogP contribution in [0.25, 0.3) is 0 Å². The summed E-state index contributed by atoms with van der Waals surface area (Å²) in [6.45, 7) is 4.92. The first-order valence-corrected chi connectivity index (χ1v) is 7.78. The monoisotopic (exact) mass is 294 g/mol. The molecule has 22 heavy (non-hydrogen) atoms. The SMILES string of the molecule is CC1Cc2ccccc2C(C)(CNC(=O)c2ccccc2)N1. The van der Waals surface area contributed by atoms with Gasteiger partial charge in [-0.1, -0.05) is 42.5 Å². The lowest BCUT2D eigenvalue weighted by Gasteiger charge is -2.40. The van der Waals surface area contributed by atoms with Crippen LogP contribution in [0.1, 0.15) is 35.3 Å². The van der Waals surface area contributed by atoms with Gasteiger partial charge in [-0.25, -0.2) is 0 Å². The van der Waals surface area contributed by atoms with Crippen LogP contribution in [0.15, 0.2) is 54.6 Å². The fourth-order valence-corrected chi connectivity index (χ4v) is 3.33. The fourth-order valence-electron chi connectivity index (χ4n) is 3.33. The smallest absolute Gasteiger partial charge is 0.251 e. The van der Waals surface area contributed by atoms with Gasteiger partial charge in [0.05, 0.1) is 5.54 Å². The molecular formula is C19H22N2O. The molecule has 2 atom stereocenters. The van der Waals surface area contributed by atoms with Crippen LogP contribution in [-0.2, 0) is 12.0 Å². The number of amides is 1. The standard InChI is InChI=1S/C19H22N2O/c1-14-12-16-10-6-7-11-17(16)19(2,21-14)13-20-18(22)15-8-4-3-5-9-15/h3-11,14,21H,12-13H2,1-2H3,(H,20,22). The summed E-state index contributed by atoms with van der Waals surface area (Å²) in [5.74, 6) is -0.0284. The predicted molar refractivity (Wildman–Crippen MR) is 88.9 cm³/mol. The average molecular weight is 294 g/mol. The topological polar surface area (TPSA) is 41.1 Å². The first kappa shape index (κ1) is 14.8. The van der Waals surface area contributed by atoms with Crippen LogP contribution in [0.2, 0.25) is 0 Å². The molecule has 114 valence electrons. The Bertz CT molecular complexity index is 668. The van der Waals surface area contributed by atoms with Crippen LogP contribution in [0, 0.1) is 0 Å². The maximum atomic E-state index is 12.3. The number of hydrogen-bond donors (Lipinski definition) is 2. The number of nitrogens with one attached hydrogen (secondary N) is 2. The Balaban J connectivity index is 1.78. The van der Waals surface area contributed by atoms with E-state index in [1.54, 1.807) is 0 Å². The zero-order valence-electron chi connectivity index (χ0n) is 13.1. The van der Waals surface area contributed by atoms with Crippen molar-refractivity contribution in [1.82, 2.24) is 10.6 Å². The van der Waals surface area contributed by atoms with E-state index in [-0.39, 0.29) is 11.4 Å². The first-order valence-electron chi connectivity index (χ1n) is 7.78. The molecule has 1 aliphatic heterocycles. The number of carbonyl (C=O) groups excluding carboxylic acids is 1. The quantitative estimate of drug-likeness (QED) is 0.914. The third-order valence-electron chi connectivity index (χ3n) is 4.34. The highest BCUT2D eigenvalue weighted by atomic mass is 16.1. The van der Waals surface area contributed by atoms with Crippen LogP contribution in [0.3, 0.4) is 0 Å². The highest BCUT2D eigenvalue weighted by Gasteiger charge is 2.34. The van der Waals surface area contributed by atoms with Gasteiger partial charge in [0, 0.05) is 18.2 Å². The fraction of sp³-hybridized carbons (Fsp3) is 0.316. The van der Waals surface area contributed by atoms with Crippen LogP contribution in [-0.4, -0.2) is 18.5 Å². The summed E-state index contributed by atoms with van der Waals surface area (Å²) in [5, 5.41) is 6.71. The van der Waals surface area contributed by atoms with E-state index in [1.165, 1.54) is 11.1 Å². The van der Waals surface area contributed by atoms with Gasteiger partial charge in [0.2, 0.25) is 0 Å². The van der Waals surface area contributed by atoms with Crippen molar-refractivity contribution in [2.45, 2.75) is 31.8 Å². The van der Waals surface area contributed by atoms with Gasteiger partial charge in [-0.05, 0) is 43.5 Å². The van der Waals surface area contributed by atoms with Crippen molar-refractivity contribution in [2.75, 3.05) is 6.54 Å².